The maximum atomic E-state index is 8.74. The van der Waals surface area contributed by atoms with Crippen LogP contribution in [0.1, 0.15) is 0 Å². The molecule has 0 saturated carbocycles. The molecule has 21 nitrogen and oxygen atoms in total. The van der Waals surface area contributed by atoms with Crippen molar-refractivity contribution >= 4 is 0 Å². The topological polar surface area (TPSA) is 324 Å². The molecule has 0 aromatic heterocycles. The molecule has 0 atom stereocenters. The molecular weight excluding hydrogens is 640 g/mol. The van der Waals surface area contributed by atoms with Gasteiger partial charge in [0.1, 0.15) is 19.5 Å². The highest BCUT2D eigenvalue weighted by Crippen LogP contribution is 2.03. The Morgan fingerprint density at radius 3 is 1.47 bits per heavy atom. The smallest absolute Gasteiger partial charge is 0.330 e. The van der Waals surface area contributed by atoms with Crippen molar-refractivity contribution in [2.24, 2.45) is 0 Å². The lowest BCUT2D eigenvalue weighted by Gasteiger charge is -2.24. The lowest BCUT2D eigenvalue weighted by atomic mass is 10.4. The average molecular weight is 699 g/mol. The average Bonchev–Trinajstić information content (AvgIpc) is 3.01. The molecule has 0 spiro atoms. The second-order valence-corrected chi connectivity index (χ2v) is 8.93. The van der Waals surface area contributed by atoms with E-state index in [1.165, 1.54) is 0 Å². The Labute approximate surface area is 274 Å². The lowest BCUT2D eigenvalue weighted by Crippen LogP contribution is -2.44. The molecule has 1 fully saturated rings. The zero-order valence-corrected chi connectivity index (χ0v) is 26.7. The van der Waals surface area contributed by atoms with Gasteiger partial charge in [-0.25, -0.2) is 4.90 Å². The monoisotopic (exact) mass is 698 g/mol. The Hall–Kier alpha value is -1.80. The van der Waals surface area contributed by atoms with Crippen molar-refractivity contribution in [3.8, 4) is 0 Å². The van der Waals surface area contributed by atoms with E-state index in [1.54, 1.807) is 0 Å². The number of nitrogens with zero attached hydrogens (tertiary/aromatic N) is 4. The van der Waals surface area contributed by atoms with Gasteiger partial charge in [-0.3, -0.25) is 14.7 Å². The summed E-state index contributed by atoms with van der Waals surface area (Å²) < 4.78 is 15.4. The second kappa shape index (κ2) is 37.0. The van der Waals surface area contributed by atoms with Crippen LogP contribution in [-0.2, 0) is 14.2 Å². The molecule has 1 aliphatic rings. The highest BCUT2D eigenvalue weighted by atomic mass is 16.7. The van der Waals surface area contributed by atoms with Crippen LogP contribution in [0, 0.1) is 0 Å². The van der Waals surface area contributed by atoms with Gasteiger partial charge in [0.2, 0.25) is 19.2 Å². The van der Waals surface area contributed by atoms with Crippen molar-refractivity contribution in [2.75, 3.05) is 132 Å². The van der Waals surface area contributed by atoms with Crippen LogP contribution in [0.5, 0.6) is 0 Å². The molecule has 0 aromatic rings. The molecule has 0 aliphatic carbocycles. The zero-order chi connectivity index (χ0) is 36.3. The molecule has 1 aliphatic heterocycles. The van der Waals surface area contributed by atoms with Gasteiger partial charge >= 0.3 is 5.95 Å². The van der Waals surface area contributed by atoms with Crippen LogP contribution >= 0.6 is 0 Å². The van der Waals surface area contributed by atoms with E-state index in [9.17, 15) is 0 Å². The summed E-state index contributed by atoms with van der Waals surface area (Å²) in [7, 11) is 0. The number of aliphatic hydroxyl groups is 14. The van der Waals surface area contributed by atoms with Crippen molar-refractivity contribution in [2.45, 2.75) is 19.2 Å². The van der Waals surface area contributed by atoms with E-state index < -0.39 is 19.2 Å². The van der Waals surface area contributed by atoms with Gasteiger partial charge in [0.05, 0.1) is 59.5 Å². The van der Waals surface area contributed by atoms with Gasteiger partial charge < -0.3 is 85.7 Å². The number of hydrogen-bond acceptors (Lipinski definition) is 21. The highest BCUT2D eigenvalue weighted by molar-refractivity contribution is 4.82. The predicted octanol–water partition coefficient (Wildman–Crippen LogP) is -7.52. The number of β-amino-alcohol motifs (C(OH)–C–C–N with tert-alkyl or cyclic N) is 1. The third-order valence-corrected chi connectivity index (χ3v) is 5.55. The van der Waals surface area contributed by atoms with Crippen LogP contribution < -0.4 is 0 Å². The largest absolute Gasteiger partial charge is 0.507 e. The minimum atomic E-state index is -1.97. The highest BCUT2D eigenvalue weighted by Gasteiger charge is 2.17. The third kappa shape index (κ3) is 32.5. The van der Waals surface area contributed by atoms with Gasteiger partial charge in [0.15, 0.2) is 0 Å². The summed E-state index contributed by atoms with van der Waals surface area (Å²) in [5.74, 6) is 0.219. The standard InChI is InChI=1S/C9H15NO4.C8H19NO4.C5H13NO4.C4H11NO5/c11-5-1-9-13-7-3-10(2-6-12)4-8-14-9;10-4-1-9(2-5-11)3-7-13-8-6-12;7-3-1-6(2-4-8)5(9)10;6-2-1-5(3(7)8)4(9)10/h5,11-12H,2-4,6-8H2;10-12H,1-8H2;5,7-10H,1-4H2;3-4,6-10H,1-2H2. The Kier molecular flexibility index (Phi) is 39.1. The maximum absolute atomic E-state index is 8.74. The van der Waals surface area contributed by atoms with E-state index in [0.29, 0.717) is 57.5 Å². The molecule has 14 N–H and O–H groups in total. The van der Waals surface area contributed by atoms with E-state index in [4.69, 9.17) is 85.7 Å². The van der Waals surface area contributed by atoms with Gasteiger partial charge in [0.25, 0.3) is 0 Å². The summed E-state index contributed by atoms with van der Waals surface area (Å²) in [6.07, 6.45) is -4.76. The SMILES string of the molecule is OC=C=C1OCCN(CCO)CCO1.OCCN(C(O)O)C(O)O.OCCN(CCO)C(O)O.OCCOCCN(CCO)CCO. The van der Waals surface area contributed by atoms with Gasteiger partial charge in [-0.1, -0.05) is 0 Å². The van der Waals surface area contributed by atoms with Crippen molar-refractivity contribution in [3.63, 3.8) is 0 Å². The molecule has 0 amide bonds. The minimum Gasteiger partial charge on any atom is -0.507 e. The Bertz CT molecular complexity index is 674. The number of ether oxygens (including phenoxy) is 3. The fraction of sp³-hybridized carbons (Fsp3) is 0.885. The number of rotatable bonds is 20. The maximum Gasteiger partial charge on any atom is 0.330 e. The molecule has 0 radical (unpaired) electrons. The first-order valence-corrected chi connectivity index (χ1v) is 14.7. The second-order valence-electron chi connectivity index (χ2n) is 8.93. The molecule has 0 aromatic carbocycles. The minimum absolute atomic E-state index is 0.0278. The fourth-order valence-electron chi connectivity index (χ4n) is 3.23. The first-order valence-electron chi connectivity index (χ1n) is 14.7. The van der Waals surface area contributed by atoms with E-state index in [2.05, 4.69) is 5.73 Å². The van der Waals surface area contributed by atoms with Gasteiger partial charge in [-0.05, 0) is 0 Å². The lowest BCUT2D eigenvalue weighted by molar-refractivity contribution is -0.266. The summed E-state index contributed by atoms with van der Waals surface area (Å²) in [6.45, 7) is 5.38. The molecule has 1 saturated heterocycles. The van der Waals surface area contributed by atoms with Crippen molar-refractivity contribution < 1.29 is 85.7 Å². The van der Waals surface area contributed by atoms with E-state index >= 15 is 0 Å². The normalized spacial score (nSPS) is 13.6. The molecule has 1 heterocycles. The van der Waals surface area contributed by atoms with Crippen LogP contribution in [0.3, 0.4) is 0 Å². The van der Waals surface area contributed by atoms with Crippen molar-refractivity contribution in [1.29, 1.82) is 0 Å². The number of hydrogen-bond donors (Lipinski definition) is 14. The zero-order valence-electron chi connectivity index (χ0n) is 26.7. The molecule has 284 valence electrons. The molecule has 1 rings (SSSR count). The van der Waals surface area contributed by atoms with Gasteiger partial charge in [0, 0.05) is 64.6 Å². The van der Waals surface area contributed by atoms with Crippen LogP contribution in [-0.4, -0.2) is 242 Å². The summed E-state index contributed by atoms with van der Waals surface area (Å²) in [5, 5.41) is 118. The Morgan fingerprint density at radius 2 is 1.13 bits per heavy atom. The first-order chi connectivity index (χ1) is 22.5. The van der Waals surface area contributed by atoms with E-state index in [-0.39, 0.29) is 71.8 Å². The summed E-state index contributed by atoms with van der Waals surface area (Å²) in [6, 6.07) is 0. The van der Waals surface area contributed by atoms with Crippen LogP contribution in [0.2, 0.25) is 0 Å². The molecular formula is C26H58N4O17. The number of aliphatic hydroxyl groups excluding tert-OH is 11. The van der Waals surface area contributed by atoms with Gasteiger partial charge in [-0.15, -0.1) is 0 Å². The Balaban J connectivity index is -0.000000556. The summed E-state index contributed by atoms with van der Waals surface area (Å²) >= 11 is 0. The predicted molar refractivity (Wildman–Crippen MR) is 162 cm³/mol. The van der Waals surface area contributed by atoms with Gasteiger partial charge in [-0.2, -0.15) is 0 Å². The molecule has 47 heavy (non-hydrogen) atoms. The fourth-order valence-corrected chi connectivity index (χ4v) is 3.23. The Morgan fingerprint density at radius 1 is 0.638 bits per heavy atom. The molecule has 0 bridgehead atoms. The first kappa shape index (κ1) is 49.6. The molecule has 21 heteroatoms. The van der Waals surface area contributed by atoms with E-state index in [0.717, 1.165) is 24.3 Å². The third-order valence-electron chi connectivity index (χ3n) is 5.55. The summed E-state index contributed by atoms with van der Waals surface area (Å²) in [5.41, 5.74) is 2.43. The van der Waals surface area contributed by atoms with Crippen LogP contribution in [0.4, 0.5) is 0 Å². The van der Waals surface area contributed by atoms with Crippen LogP contribution in [0.15, 0.2) is 17.9 Å². The quantitative estimate of drug-likeness (QED) is 0.0243. The summed E-state index contributed by atoms with van der Waals surface area (Å²) in [4.78, 5) is 5.57. The van der Waals surface area contributed by atoms with Crippen molar-refractivity contribution in [3.05, 3.63) is 17.9 Å². The van der Waals surface area contributed by atoms with Crippen LogP contribution in [0.25, 0.3) is 0 Å². The van der Waals surface area contributed by atoms with E-state index in [1.807, 2.05) is 9.80 Å². The van der Waals surface area contributed by atoms with Crippen molar-refractivity contribution in [1.82, 2.24) is 19.6 Å². The molecule has 0 unspecified atom stereocenters.